The quantitative estimate of drug-likeness (QED) is 0.474. The zero-order valence-electron chi connectivity index (χ0n) is 12.4. The smallest absolute Gasteiger partial charge is 0.295 e. The normalized spacial score (nSPS) is 15.7. The van der Waals surface area contributed by atoms with E-state index in [4.69, 9.17) is 10.5 Å². The molecule has 1 aliphatic rings. The largest absolute Gasteiger partial charge is 0.488 e. The Labute approximate surface area is 124 Å². The van der Waals surface area contributed by atoms with Crippen LogP contribution in [0.5, 0.6) is 5.75 Å². The summed E-state index contributed by atoms with van der Waals surface area (Å²) in [5, 5.41) is 14.3. The third-order valence-electron chi connectivity index (χ3n) is 3.74. The maximum Gasteiger partial charge on any atom is 0.295 e. The van der Waals surface area contributed by atoms with Crippen LogP contribution in [0.3, 0.4) is 0 Å². The number of nitrogens with two attached hydrogens (primary N) is 1. The molecule has 0 bridgehead atoms. The van der Waals surface area contributed by atoms with E-state index in [9.17, 15) is 10.1 Å². The second-order valence-electron chi connectivity index (χ2n) is 5.47. The van der Waals surface area contributed by atoms with Crippen molar-refractivity contribution in [2.45, 2.75) is 51.6 Å². The topological polar surface area (TPSA) is 90.4 Å². The minimum absolute atomic E-state index is 0.0946. The van der Waals surface area contributed by atoms with Crippen LogP contribution in [-0.4, -0.2) is 17.6 Å². The van der Waals surface area contributed by atoms with E-state index < -0.39 is 4.92 Å². The van der Waals surface area contributed by atoms with E-state index >= 15 is 0 Å². The van der Waals surface area contributed by atoms with Gasteiger partial charge >= 0.3 is 0 Å². The van der Waals surface area contributed by atoms with Crippen molar-refractivity contribution in [1.82, 2.24) is 0 Å². The molecule has 116 valence electrons. The van der Waals surface area contributed by atoms with E-state index in [0.29, 0.717) is 5.75 Å². The van der Waals surface area contributed by atoms with Crippen LogP contribution in [0.15, 0.2) is 12.1 Å². The van der Waals surface area contributed by atoms with Gasteiger partial charge in [-0.2, -0.15) is 0 Å². The second-order valence-corrected chi connectivity index (χ2v) is 5.47. The Hall–Kier alpha value is -1.98. The van der Waals surface area contributed by atoms with Gasteiger partial charge < -0.3 is 15.8 Å². The van der Waals surface area contributed by atoms with Gasteiger partial charge in [0.05, 0.1) is 22.8 Å². The summed E-state index contributed by atoms with van der Waals surface area (Å²) in [6.45, 7) is 2.84. The number of nitro groups is 1. The Morgan fingerprint density at radius 2 is 2.10 bits per heavy atom. The molecule has 0 unspecified atom stereocenters. The molecule has 0 aromatic heterocycles. The highest BCUT2D eigenvalue weighted by molar-refractivity contribution is 5.72. The van der Waals surface area contributed by atoms with Crippen molar-refractivity contribution in [3.05, 3.63) is 22.2 Å². The van der Waals surface area contributed by atoms with E-state index in [1.54, 1.807) is 6.07 Å². The molecular formula is C15H23N3O3. The van der Waals surface area contributed by atoms with Crippen molar-refractivity contribution in [3.63, 3.8) is 0 Å². The molecule has 1 saturated carbocycles. The van der Waals surface area contributed by atoms with E-state index in [0.717, 1.165) is 44.3 Å². The Bertz CT molecular complexity index is 499. The van der Waals surface area contributed by atoms with Gasteiger partial charge in [-0.3, -0.25) is 10.1 Å². The number of nitrogens with one attached hydrogen (secondary N) is 1. The fourth-order valence-electron chi connectivity index (χ4n) is 2.60. The van der Waals surface area contributed by atoms with Gasteiger partial charge in [0.1, 0.15) is 11.4 Å². The Morgan fingerprint density at radius 1 is 1.38 bits per heavy atom. The predicted molar refractivity (Wildman–Crippen MR) is 83.8 cm³/mol. The monoisotopic (exact) mass is 293 g/mol. The molecule has 3 N–H and O–H groups in total. The molecule has 2 rings (SSSR count). The molecule has 0 atom stereocenters. The van der Waals surface area contributed by atoms with E-state index in [1.165, 1.54) is 12.5 Å². The number of nitrogen functional groups attached to an aromatic ring is 1. The van der Waals surface area contributed by atoms with Crippen LogP contribution in [0.2, 0.25) is 0 Å². The summed E-state index contributed by atoms with van der Waals surface area (Å²) in [5.41, 5.74) is 6.57. The number of benzene rings is 1. The zero-order chi connectivity index (χ0) is 15.2. The summed E-state index contributed by atoms with van der Waals surface area (Å²) < 4.78 is 6.01. The maximum absolute atomic E-state index is 11.0. The lowest BCUT2D eigenvalue weighted by atomic mass is 9.98. The number of nitro benzene ring substituents is 1. The molecule has 0 heterocycles. The molecule has 6 nitrogen and oxygen atoms in total. The van der Waals surface area contributed by atoms with Crippen LogP contribution in [0, 0.1) is 10.1 Å². The van der Waals surface area contributed by atoms with Crippen LogP contribution >= 0.6 is 0 Å². The van der Waals surface area contributed by atoms with Crippen molar-refractivity contribution in [3.8, 4) is 5.75 Å². The number of hydrogen-bond donors (Lipinski definition) is 2. The van der Waals surface area contributed by atoms with Gasteiger partial charge in [0.15, 0.2) is 0 Å². The molecule has 1 fully saturated rings. The Balaban J connectivity index is 2.24. The third-order valence-corrected chi connectivity index (χ3v) is 3.74. The minimum Gasteiger partial charge on any atom is -0.488 e. The minimum atomic E-state index is -0.466. The molecule has 6 heteroatoms. The number of nitrogens with zero attached hydrogens (tertiary/aromatic N) is 1. The second kappa shape index (κ2) is 7.15. The first-order chi connectivity index (χ1) is 10.1. The molecule has 0 aliphatic heterocycles. The molecule has 1 aromatic rings. The average molecular weight is 293 g/mol. The number of rotatable bonds is 6. The maximum atomic E-state index is 11.0. The van der Waals surface area contributed by atoms with E-state index in [2.05, 4.69) is 12.2 Å². The highest BCUT2D eigenvalue weighted by Gasteiger charge is 2.21. The van der Waals surface area contributed by atoms with Gasteiger partial charge in [-0.1, -0.05) is 13.3 Å². The summed E-state index contributed by atoms with van der Waals surface area (Å²) in [6.07, 6.45) is 6.65. The van der Waals surface area contributed by atoms with Crippen LogP contribution in [0.25, 0.3) is 0 Å². The highest BCUT2D eigenvalue weighted by atomic mass is 16.6. The SMILES string of the molecule is CCCNc1cc(N)c([N+](=O)[O-])cc1OC1CCCCC1. The fraction of sp³-hybridized carbons (Fsp3) is 0.600. The average Bonchev–Trinajstić information content (AvgIpc) is 2.48. The highest BCUT2D eigenvalue weighted by Crippen LogP contribution is 2.36. The van der Waals surface area contributed by atoms with Gasteiger partial charge in [0, 0.05) is 6.54 Å². The lowest BCUT2D eigenvalue weighted by molar-refractivity contribution is -0.384. The van der Waals surface area contributed by atoms with Crippen molar-refractivity contribution in [2.24, 2.45) is 0 Å². The van der Waals surface area contributed by atoms with E-state index in [-0.39, 0.29) is 17.5 Å². The van der Waals surface area contributed by atoms with Gasteiger partial charge in [-0.05, 0) is 38.2 Å². The first kappa shape index (κ1) is 15.4. The van der Waals surface area contributed by atoms with Crippen molar-refractivity contribution in [1.29, 1.82) is 0 Å². The summed E-state index contributed by atoms with van der Waals surface area (Å²) in [6, 6.07) is 3.05. The fourth-order valence-corrected chi connectivity index (χ4v) is 2.60. The predicted octanol–water partition coefficient (Wildman–Crippen LogP) is 3.71. The van der Waals surface area contributed by atoms with Crippen molar-refractivity contribution < 1.29 is 9.66 Å². The van der Waals surface area contributed by atoms with Gasteiger partial charge in [0.25, 0.3) is 5.69 Å². The van der Waals surface area contributed by atoms with Crippen molar-refractivity contribution in [2.75, 3.05) is 17.6 Å². The summed E-state index contributed by atoms with van der Waals surface area (Å²) >= 11 is 0. The molecule has 0 spiro atoms. The molecular weight excluding hydrogens is 270 g/mol. The van der Waals surface area contributed by atoms with Gasteiger partial charge in [-0.15, -0.1) is 0 Å². The van der Waals surface area contributed by atoms with Crippen molar-refractivity contribution >= 4 is 17.1 Å². The summed E-state index contributed by atoms with van der Waals surface area (Å²) in [7, 11) is 0. The van der Waals surface area contributed by atoms with Gasteiger partial charge in [0.2, 0.25) is 0 Å². The Morgan fingerprint density at radius 3 is 2.71 bits per heavy atom. The summed E-state index contributed by atoms with van der Waals surface area (Å²) in [4.78, 5) is 10.6. The van der Waals surface area contributed by atoms with E-state index in [1.807, 2.05) is 0 Å². The lowest BCUT2D eigenvalue weighted by Crippen LogP contribution is -2.20. The first-order valence-electron chi connectivity index (χ1n) is 7.60. The lowest BCUT2D eigenvalue weighted by Gasteiger charge is -2.24. The van der Waals surface area contributed by atoms with Crippen LogP contribution in [0.1, 0.15) is 45.4 Å². The molecule has 0 amide bonds. The molecule has 0 radical (unpaired) electrons. The molecule has 21 heavy (non-hydrogen) atoms. The van der Waals surface area contributed by atoms with Crippen LogP contribution in [-0.2, 0) is 0 Å². The standard InChI is InChI=1S/C15H23N3O3/c1-2-8-17-13-9-12(16)14(18(19)20)10-15(13)21-11-6-4-3-5-7-11/h9-11,17H,2-8,16H2,1H3. The zero-order valence-corrected chi connectivity index (χ0v) is 12.4. The Kier molecular flexibility index (Phi) is 5.25. The van der Waals surface area contributed by atoms with Crippen LogP contribution in [0.4, 0.5) is 17.1 Å². The van der Waals surface area contributed by atoms with Crippen LogP contribution < -0.4 is 15.8 Å². The number of hydrogen-bond acceptors (Lipinski definition) is 5. The number of anilines is 2. The molecule has 1 aliphatic carbocycles. The third kappa shape index (κ3) is 4.00. The van der Waals surface area contributed by atoms with Gasteiger partial charge in [-0.25, -0.2) is 0 Å². The molecule has 0 saturated heterocycles. The number of ether oxygens (including phenoxy) is 1. The first-order valence-corrected chi connectivity index (χ1v) is 7.60. The molecule has 1 aromatic carbocycles. The summed E-state index contributed by atoms with van der Waals surface area (Å²) in [5.74, 6) is 0.538.